The van der Waals surface area contributed by atoms with Gasteiger partial charge in [0.05, 0.1) is 0 Å². The molecule has 0 aliphatic carbocycles. The third-order valence-electron chi connectivity index (χ3n) is 4.66. The first-order valence-corrected chi connectivity index (χ1v) is 9.15. The molecular weight excluding hydrogens is 407 g/mol. The molecule has 2 N–H and O–H groups in total. The van der Waals surface area contributed by atoms with E-state index < -0.39 is 0 Å². The number of hydrogen-bond donors (Lipinski definition) is 2. The topological polar surface area (TPSA) is 47.6 Å². The fraction of sp³-hybridized carbons (Fsp3) is 0.632. The van der Waals surface area contributed by atoms with Crippen LogP contribution in [0.5, 0.6) is 0 Å². The maximum Gasteiger partial charge on any atom is 0.220 e. The average Bonchev–Trinajstić information content (AvgIpc) is 2.62. The van der Waals surface area contributed by atoms with Crippen molar-refractivity contribution in [1.29, 1.82) is 0 Å². The maximum absolute atomic E-state index is 11.7. The molecule has 0 spiro atoms. The van der Waals surface area contributed by atoms with Gasteiger partial charge in [0.1, 0.15) is 0 Å². The number of carbonyl (C=O) groups is 1. The van der Waals surface area contributed by atoms with Crippen LogP contribution in [0, 0.1) is 0 Å². The van der Waals surface area contributed by atoms with Crippen molar-refractivity contribution in [2.45, 2.75) is 32.9 Å². The Bertz CT molecular complexity index is 494. The van der Waals surface area contributed by atoms with Crippen LogP contribution in [-0.2, 0) is 17.9 Å². The molecule has 1 aliphatic heterocycles. The molecule has 1 aromatic rings. The Balaban J connectivity index is 0. The summed E-state index contributed by atoms with van der Waals surface area (Å²) >= 11 is 0. The Morgan fingerprint density at radius 3 is 2.07 bits per heavy atom. The fourth-order valence-corrected chi connectivity index (χ4v) is 3.00. The highest BCUT2D eigenvalue weighted by atomic mass is 35.5. The van der Waals surface area contributed by atoms with Crippen LogP contribution in [0.25, 0.3) is 0 Å². The SMILES string of the molecule is CCN1CCN(Cc2ccc(CNC(=O)CCCNC)cc2)CC1.Cl.Cl.Cl. The first-order chi connectivity index (χ1) is 11.7. The summed E-state index contributed by atoms with van der Waals surface area (Å²) < 4.78 is 0. The van der Waals surface area contributed by atoms with Crippen LogP contribution >= 0.6 is 37.2 Å². The second-order valence-electron chi connectivity index (χ2n) is 6.51. The number of benzene rings is 1. The lowest BCUT2D eigenvalue weighted by Crippen LogP contribution is -2.45. The van der Waals surface area contributed by atoms with E-state index in [1.165, 1.54) is 18.7 Å². The third kappa shape index (κ3) is 11.1. The number of nitrogens with one attached hydrogen (secondary N) is 2. The second-order valence-corrected chi connectivity index (χ2v) is 6.51. The largest absolute Gasteiger partial charge is 0.352 e. The van der Waals surface area contributed by atoms with Gasteiger partial charge in [0.25, 0.3) is 0 Å². The molecule has 0 saturated carbocycles. The Morgan fingerprint density at radius 2 is 1.52 bits per heavy atom. The summed E-state index contributed by atoms with van der Waals surface area (Å²) in [5.41, 5.74) is 2.51. The van der Waals surface area contributed by atoms with Gasteiger partial charge in [-0.25, -0.2) is 0 Å². The number of likely N-dealkylation sites (N-methyl/N-ethyl adjacent to an activating group) is 1. The lowest BCUT2D eigenvalue weighted by atomic mass is 10.1. The summed E-state index contributed by atoms with van der Waals surface area (Å²) in [7, 11) is 1.91. The lowest BCUT2D eigenvalue weighted by molar-refractivity contribution is -0.121. The second kappa shape index (κ2) is 16.4. The van der Waals surface area contributed by atoms with Crippen LogP contribution in [-0.4, -0.2) is 62.0 Å². The van der Waals surface area contributed by atoms with Crippen molar-refractivity contribution in [3.05, 3.63) is 35.4 Å². The number of piperazine rings is 1. The summed E-state index contributed by atoms with van der Waals surface area (Å²) in [6.07, 6.45) is 1.47. The van der Waals surface area contributed by atoms with Crippen LogP contribution in [0.4, 0.5) is 0 Å². The van der Waals surface area contributed by atoms with Gasteiger partial charge in [-0.3, -0.25) is 9.69 Å². The molecule has 0 atom stereocenters. The first-order valence-electron chi connectivity index (χ1n) is 9.15. The van der Waals surface area contributed by atoms with E-state index in [0.29, 0.717) is 13.0 Å². The van der Waals surface area contributed by atoms with Crippen LogP contribution in [0.15, 0.2) is 24.3 Å². The molecule has 5 nitrogen and oxygen atoms in total. The van der Waals surface area contributed by atoms with Crippen molar-refractivity contribution in [3.63, 3.8) is 0 Å². The normalized spacial score (nSPS) is 14.4. The summed E-state index contributed by atoms with van der Waals surface area (Å²) in [5, 5.41) is 6.04. The summed E-state index contributed by atoms with van der Waals surface area (Å²) in [6.45, 7) is 10.6. The van der Waals surface area contributed by atoms with E-state index in [-0.39, 0.29) is 43.1 Å². The van der Waals surface area contributed by atoms with Crippen molar-refractivity contribution in [1.82, 2.24) is 20.4 Å². The molecule has 1 aliphatic rings. The minimum absolute atomic E-state index is 0. The molecule has 1 aromatic carbocycles. The van der Waals surface area contributed by atoms with Crippen LogP contribution in [0.1, 0.15) is 30.9 Å². The molecule has 0 unspecified atom stereocenters. The van der Waals surface area contributed by atoms with Crippen LogP contribution in [0.3, 0.4) is 0 Å². The first kappa shape index (κ1) is 28.6. The molecule has 0 bridgehead atoms. The quantitative estimate of drug-likeness (QED) is 0.579. The zero-order chi connectivity index (χ0) is 17.2. The van der Waals surface area contributed by atoms with Crippen molar-refractivity contribution < 1.29 is 4.79 Å². The van der Waals surface area contributed by atoms with Gasteiger partial charge in [0, 0.05) is 45.7 Å². The molecule has 2 rings (SSSR count). The van der Waals surface area contributed by atoms with E-state index in [9.17, 15) is 4.79 Å². The number of nitrogens with zero attached hydrogens (tertiary/aromatic N) is 2. The van der Waals surface area contributed by atoms with Gasteiger partial charge in [-0.2, -0.15) is 0 Å². The minimum atomic E-state index is 0. The molecule has 0 aromatic heterocycles. The highest BCUT2D eigenvalue weighted by molar-refractivity contribution is 5.86. The van der Waals surface area contributed by atoms with E-state index in [2.05, 4.69) is 51.6 Å². The van der Waals surface area contributed by atoms with Gasteiger partial charge in [0.15, 0.2) is 0 Å². The Kier molecular flexibility index (Phi) is 17.4. The van der Waals surface area contributed by atoms with Crippen LogP contribution < -0.4 is 10.6 Å². The molecule has 27 heavy (non-hydrogen) atoms. The van der Waals surface area contributed by atoms with E-state index >= 15 is 0 Å². The standard InChI is InChI=1S/C19H32N4O.3ClH/c1-3-22-11-13-23(14-12-22)16-18-8-6-17(7-9-18)15-21-19(24)5-4-10-20-2;;;/h6-9,20H,3-5,10-16H2,1-2H3,(H,21,24);3*1H. The Labute approximate surface area is 182 Å². The lowest BCUT2D eigenvalue weighted by Gasteiger charge is -2.34. The third-order valence-corrected chi connectivity index (χ3v) is 4.66. The predicted octanol–water partition coefficient (Wildman–Crippen LogP) is 2.71. The number of rotatable bonds is 9. The van der Waals surface area contributed by atoms with Crippen LogP contribution in [0.2, 0.25) is 0 Å². The Morgan fingerprint density at radius 1 is 0.963 bits per heavy atom. The molecule has 0 radical (unpaired) electrons. The summed E-state index contributed by atoms with van der Waals surface area (Å²) in [4.78, 5) is 16.7. The monoisotopic (exact) mass is 440 g/mol. The van der Waals surface area contributed by atoms with Gasteiger partial charge in [-0.15, -0.1) is 37.2 Å². The van der Waals surface area contributed by atoms with Gasteiger partial charge < -0.3 is 15.5 Å². The zero-order valence-electron chi connectivity index (χ0n) is 16.4. The van der Waals surface area contributed by atoms with Gasteiger partial charge >= 0.3 is 0 Å². The smallest absolute Gasteiger partial charge is 0.220 e. The van der Waals surface area contributed by atoms with E-state index in [0.717, 1.165) is 44.7 Å². The number of hydrogen-bond acceptors (Lipinski definition) is 4. The van der Waals surface area contributed by atoms with Crippen molar-refractivity contribution in [2.24, 2.45) is 0 Å². The van der Waals surface area contributed by atoms with E-state index in [1.807, 2.05) is 7.05 Å². The van der Waals surface area contributed by atoms with Crippen molar-refractivity contribution in [3.8, 4) is 0 Å². The number of carbonyl (C=O) groups excluding carboxylic acids is 1. The molecular formula is C19H35Cl3N4O. The van der Waals surface area contributed by atoms with Gasteiger partial charge in [-0.05, 0) is 37.7 Å². The van der Waals surface area contributed by atoms with Crippen molar-refractivity contribution >= 4 is 43.1 Å². The average molecular weight is 442 g/mol. The molecule has 1 saturated heterocycles. The van der Waals surface area contributed by atoms with Crippen molar-refractivity contribution in [2.75, 3.05) is 46.3 Å². The fourth-order valence-electron chi connectivity index (χ4n) is 3.00. The maximum atomic E-state index is 11.7. The van der Waals surface area contributed by atoms with E-state index in [1.54, 1.807) is 0 Å². The highest BCUT2D eigenvalue weighted by Gasteiger charge is 2.15. The summed E-state index contributed by atoms with van der Waals surface area (Å²) in [6, 6.07) is 8.64. The highest BCUT2D eigenvalue weighted by Crippen LogP contribution is 2.10. The molecule has 8 heteroatoms. The minimum Gasteiger partial charge on any atom is -0.352 e. The molecule has 1 amide bonds. The molecule has 158 valence electrons. The number of amides is 1. The van der Waals surface area contributed by atoms with E-state index in [4.69, 9.17) is 0 Å². The molecule has 1 fully saturated rings. The van der Waals surface area contributed by atoms with Gasteiger partial charge in [-0.1, -0.05) is 31.2 Å². The zero-order valence-corrected chi connectivity index (χ0v) is 18.9. The summed E-state index contributed by atoms with van der Waals surface area (Å²) in [5.74, 6) is 0.128. The molecule has 1 heterocycles. The predicted molar refractivity (Wildman–Crippen MR) is 121 cm³/mol. The Hall–Kier alpha value is -0.560. The van der Waals surface area contributed by atoms with Gasteiger partial charge in [0.2, 0.25) is 5.91 Å². The number of halogens is 3.